The van der Waals surface area contributed by atoms with Gasteiger partial charge in [0.25, 0.3) is 0 Å². The molecule has 0 radical (unpaired) electrons. The molecule has 1 N–H and O–H groups in total. The number of hydrogen-bond acceptors (Lipinski definition) is 4. The fourth-order valence-corrected chi connectivity index (χ4v) is 3.43. The van der Waals surface area contributed by atoms with Crippen molar-refractivity contribution in [1.29, 1.82) is 0 Å². The van der Waals surface area contributed by atoms with Gasteiger partial charge in [0.05, 0.1) is 17.7 Å². The van der Waals surface area contributed by atoms with E-state index in [-0.39, 0.29) is 11.8 Å². The van der Waals surface area contributed by atoms with E-state index in [9.17, 15) is 4.79 Å². The van der Waals surface area contributed by atoms with E-state index in [4.69, 9.17) is 0 Å². The highest BCUT2D eigenvalue weighted by Gasteiger charge is 2.33. The lowest BCUT2D eigenvalue weighted by atomic mass is 9.84. The van der Waals surface area contributed by atoms with Gasteiger partial charge in [-0.15, -0.1) is 0 Å². The predicted molar refractivity (Wildman–Crippen MR) is 115 cm³/mol. The number of nitrogens with one attached hydrogen (secondary N) is 1. The molecule has 2 aromatic carbocycles. The summed E-state index contributed by atoms with van der Waals surface area (Å²) in [4.78, 5) is 22.6. The first-order chi connectivity index (χ1) is 14.3. The number of benzene rings is 2. The summed E-state index contributed by atoms with van der Waals surface area (Å²) in [6.07, 6.45) is 3.46. The molecule has 0 aliphatic rings. The zero-order valence-corrected chi connectivity index (χ0v) is 15.8. The number of carbonyl (C=O) groups excluding carboxylic acids is 1. The van der Waals surface area contributed by atoms with Crippen molar-refractivity contribution in [2.24, 2.45) is 0 Å². The summed E-state index contributed by atoms with van der Waals surface area (Å²) >= 11 is 0. The first-order valence-electron chi connectivity index (χ1n) is 9.55. The molecule has 2 unspecified atom stereocenters. The molecular formula is C25H21N3O. The molecule has 0 spiro atoms. The second-order valence-corrected chi connectivity index (χ2v) is 6.71. The highest BCUT2D eigenvalue weighted by Crippen LogP contribution is 2.35. The Morgan fingerprint density at radius 1 is 0.690 bits per heavy atom. The molecule has 29 heavy (non-hydrogen) atoms. The topological polar surface area (TPSA) is 54.9 Å². The third-order valence-electron chi connectivity index (χ3n) is 4.81. The molecule has 4 aromatic rings. The minimum Gasteiger partial charge on any atom is -0.362 e. The number of aromatic nitrogens is 2. The summed E-state index contributed by atoms with van der Waals surface area (Å²) in [7, 11) is 0. The van der Waals surface area contributed by atoms with Crippen molar-refractivity contribution in [1.82, 2.24) is 9.97 Å². The monoisotopic (exact) mass is 379 g/mol. The molecule has 0 fully saturated rings. The molecule has 0 aliphatic carbocycles. The minimum absolute atomic E-state index is 0.0154. The Hall–Kier alpha value is -3.79. The fourth-order valence-electron chi connectivity index (χ4n) is 3.43. The van der Waals surface area contributed by atoms with E-state index in [1.807, 2.05) is 97.1 Å². The second kappa shape index (κ2) is 8.93. The van der Waals surface area contributed by atoms with Crippen LogP contribution in [0, 0.1) is 0 Å². The Balaban J connectivity index is 1.82. The molecule has 2 heterocycles. The first-order valence-corrected chi connectivity index (χ1v) is 9.55. The van der Waals surface area contributed by atoms with Crippen LogP contribution >= 0.6 is 0 Å². The van der Waals surface area contributed by atoms with Crippen LogP contribution in [0.15, 0.2) is 109 Å². The summed E-state index contributed by atoms with van der Waals surface area (Å²) in [6.45, 7) is 0. The second-order valence-electron chi connectivity index (χ2n) is 6.71. The van der Waals surface area contributed by atoms with Crippen LogP contribution in [0.1, 0.15) is 33.6 Å². The van der Waals surface area contributed by atoms with E-state index in [2.05, 4.69) is 15.3 Å². The average molecular weight is 379 g/mol. The molecule has 2 aromatic heterocycles. The Morgan fingerprint density at radius 3 is 1.93 bits per heavy atom. The van der Waals surface area contributed by atoms with Gasteiger partial charge in [-0.1, -0.05) is 72.8 Å². The van der Waals surface area contributed by atoms with E-state index in [0.717, 1.165) is 11.3 Å². The van der Waals surface area contributed by atoms with E-state index in [1.165, 1.54) is 0 Å². The number of pyridine rings is 2. The average Bonchev–Trinajstić information content (AvgIpc) is 2.81. The summed E-state index contributed by atoms with van der Waals surface area (Å²) in [6, 6.07) is 30.4. The van der Waals surface area contributed by atoms with Crippen LogP contribution in [-0.2, 0) is 0 Å². The smallest absolute Gasteiger partial charge is 0.174 e. The largest absolute Gasteiger partial charge is 0.362 e. The summed E-state index contributed by atoms with van der Waals surface area (Å²) in [5.41, 5.74) is 2.38. The predicted octanol–water partition coefficient (Wildman–Crippen LogP) is 5.30. The van der Waals surface area contributed by atoms with Crippen molar-refractivity contribution in [3.8, 4) is 0 Å². The summed E-state index contributed by atoms with van der Waals surface area (Å²) < 4.78 is 0. The lowest BCUT2D eigenvalue weighted by Gasteiger charge is -2.28. The van der Waals surface area contributed by atoms with Crippen LogP contribution in [-0.4, -0.2) is 15.8 Å². The van der Waals surface area contributed by atoms with Gasteiger partial charge in [-0.05, 0) is 29.8 Å². The van der Waals surface area contributed by atoms with Gasteiger partial charge in [0.1, 0.15) is 5.82 Å². The van der Waals surface area contributed by atoms with Gasteiger partial charge in [-0.2, -0.15) is 0 Å². The molecule has 0 amide bonds. The molecular weight excluding hydrogens is 358 g/mol. The molecule has 0 saturated heterocycles. The van der Waals surface area contributed by atoms with E-state index in [0.29, 0.717) is 11.4 Å². The first kappa shape index (κ1) is 18.6. The Kier molecular flexibility index (Phi) is 5.72. The molecule has 0 saturated carbocycles. The van der Waals surface area contributed by atoms with Crippen LogP contribution in [0.5, 0.6) is 0 Å². The summed E-state index contributed by atoms with van der Waals surface area (Å²) in [5.74, 6) is 0.215. The molecule has 2 atom stereocenters. The molecule has 0 aliphatic heterocycles. The maximum Gasteiger partial charge on any atom is 0.174 e. The SMILES string of the molecule is O=C(c1ccccc1)C(c1ccccn1)C(Nc1ccccn1)c1ccccc1. The Labute approximate surface area is 170 Å². The van der Waals surface area contributed by atoms with Crippen molar-refractivity contribution >= 4 is 11.6 Å². The molecule has 4 nitrogen and oxygen atoms in total. The normalized spacial score (nSPS) is 12.7. The standard InChI is InChI=1S/C25H21N3O/c29-25(20-13-5-2-6-14-20)23(21-15-7-9-17-26-21)24(19-11-3-1-4-12-19)28-22-16-8-10-18-27-22/h1-18,23-24H,(H,27,28). The van der Waals surface area contributed by atoms with Crippen molar-refractivity contribution in [2.45, 2.75) is 12.0 Å². The van der Waals surface area contributed by atoms with Gasteiger partial charge in [0.2, 0.25) is 0 Å². The fraction of sp³-hybridized carbons (Fsp3) is 0.0800. The van der Waals surface area contributed by atoms with Gasteiger partial charge in [-0.3, -0.25) is 9.78 Å². The van der Waals surface area contributed by atoms with E-state index < -0.39 is 5.92 Å². The lowest BCUT2D eigenvalue weighted by molar-refractivity contribution is 0.0948. The number of rotatable bonds is 7. The minimum atomic E-state index is -0.511. The van der Waals surface area contributed by atoms with Gasteiger partial charge in [-0.25, -0.2) is 4.98 Å². The zero-order valence-electron chi connectivity index (χ0n) is 15.8. The highest BCUT2D eigenvalue weighted by atomic mass is 16.1. The maximum absolute atomic E-state index is 13.6. The quantitative estimate of drug-likeness (QED) is 0.443. The van der Waals surface area contributed by atoms with Gasteiger partial charge < -0.3 is 5.32 Å². The van der Waals surface area contributed by atoms with Crippen LogP contribution < -0.4 is 5.32 Å². The number of nitrogens with zero attached hydrogens (tertiary/aromatic N) is 2. The highest BCUT2D eigenvalue weighted by molar-refractivity contribution is 6.01. The van der Waals surface area contributed by atoms with Crippen molar-refractivity contribution in [3.63, 3.8) is 0 Å². The number of ketones is 1. The van der Waals surface area contributed by atoms with Crippen LogP contribution in [0.3, 0.4) is 0 Å². The van der Waals surface area contributed by atoms with Crippen molar-refractivity contribution in [2.75, 3.05) is 5.32 Å². The van der Waals surface area contributed by atoms with Crippen molar-refractivity contribution in [3.05, 3.63) is 126 Å². The van der Waals surface area contributed by atoms with Gasteiger partial charge >= 0.3 is 0 Å². The Morgan fingerprint density at radius 2 is 1.31 bits per heavy atom. The van der Waals surface area contributed by atoms with Crippen LogP contribution in [0.2, 0.25) is 0 Å². The van der Waals surface area contributed by atoms with Gasteiger partial charge in [0.15, 0.2) is 5.78 Å². The molecule has 4 heteroatoms. The summed E-state index contributed by atoms with van der Waals surface area (Å²) in [5, 5.41) is 3.47. The number of carbonyl (C=O) groups is 1. The molecule has 0 bridgehead atoms. The van der Waals surface area contributed by atoms with E-state index >= 15 is 0 Å². The van der Waals surface area contributed by atoms with Crippen molar-refractivity contribution < 1.29 is 4.79 Å². The molecule has 4 rings (SSSR count). The maximum atomic E-state index is 13.6. The van der Waals surface area contributed by atoms with Crippen LogP contribution in [0.4, 0.5) is 5.82 Å². The van der Waals surface area contributed by atoms with E-state index in [1.54, 1.807) is 12.4 Å². The van der Waals surface area contributed by atoms with Gasteiger partial charge in [0, 0.05) is 18.0 Å². The number of Topliss-reactive ketones (excluding diaryl/α,β-unsaturated/α-hetero) is 1. The third-order valence-corrected chi connectivity index (χ3v) is 4.81. The number of anilines is 1. The number of hydrogen-bond donors (Lipinski definition) is 1. The lowest BCUT2D eigenvalue weighted by Crippen LogP contribution is -2.27. The third kappa shape index (κ3) is 4.38. The Bertz CT molecular complexity index is 1040. The zero-order chi connectivity index (χ0) is 19.9. The molecule has 142 valence electrons. The van der Waals surface area contributed by atoms with Crippen LogP contribution in [0.25, 0.3) is 0 Å².